The van der Waals surface area contributed by atoms with Gasteiger partial charge in [0.05, 0.1) is 6.61 Å². The van der Waals surface area contributed by atoms with Crippen molar-refractivity contribution in [2.24, 2.45) is 0 Å². The lowest BCUT2D eigenvalue weighted by atomic mass is 10.1. The number of fused-ring (bicyclic) bond motifs is 1. The Balaban J connectivity index is 1.74. The molecular formula is C18H23N2O5+. The molecule has 1 aliphatic heterocycles. The Bertz CT molecular complexity index is 796. The van der Waals surface area contributed by atoms with E-state index in [1.165, 1.54) is 6.07 Å². The number of quaternary nitrogens is 1. The molecule has 25 heavy (non-hydrogen) atoms. The molecule has 7 heteroatoms. The molecule has 1 amide bonds. The van der Waals surface area contributed by atoms with E-state index in [-0.39, 0.29) is 0 Å². The number of benzene rings is 1. The number of anilines is 1. The van der Waals surface area contributed by atoms with Crippen LogP contribution in [0.2, 0.25) is 0 Å². The van der Waals surface area contributed by atoms with Gasteiger partial charge in [-0.1, -0.05) is 0 Å². The van der Waals surface area contributed by atoms with Crippen molar-refractivity contribution in [3.05, 3.63) is 40.2 Å². The lowest BCUT2D eigenvalue weighted by molar-refractivity contribution is -0.676. The zero-order valence-corrected chi connectivity index (χ0v) is 14.2. The highest BCUT2D eigenvalue weighted by atomic mass is 16.5. The number of amides is 1. The quantitative estimate of drug-likeness (QED) is 0.774. The summed E-state index contributed by atoms with van der Waals surface area (Å²) in [5, 5.41) is 5.61. The van der Waals surface area contributed by atoms with Gasteiger partial charge < -0.3 is 19.2 Å². The highest BCUT2D eigenvalue weighted by Gasteiger charge is 2.17. The van der Waals surface area contributed by atoms with Crippen molar-refractivity contribution in [3.8, 4) is 0 Å². The SMILES string of the molecule is CCOC(=O)Nc1ccc2c(C[NH2+]C[C@@H]3CCCO3)cc(=O)oc2c1. The molecule has 0 saturated carbocycles. The summed E-state index contributed by atoms with van der Waals surface area (Å²) < 4.78 is 15.7. The Kier molecular flexibility index (Phi) is 5.67. The van der Waals surface area contributed by atoms with Crippen LogP contribution in [0, 0.1) is 0 Å². The molecule has 2 heterocycles. The summed E-state index contributed by atoms with van der Waals surface area (Å²) >= 11 is 0. The molecule has 1 aromatic heterocycles. The summed E-state index contributed by atoms with van der Waals surface area (Å²) in [6.45, 7) is 4.42. The van der Waals surface area contributed by atoms with Crippen LogP contribution in [-0.2, 0) is 16.0 Å². The van der Waals surface area contributed by atoms with Gasteiger partial charge in [0.25, 0.3) is 0 Å². The first-order chi connectivity index (χ1) is 12.2. The zero-order chi connectivity index (χ0) is 17.6. The third kappa shape index (κ3) is 4.58. The fraction of sp³-hybridized carbons (Fsp3) is 0.444. The predicted octanol–water partition coefficient (Wildman–Crippen LogP) is 1.60. The van der Waals surface area contributed by atoms with Gasteiger partial charge in [0.1, 0.15) is 24.8 Å². The molecule has 1 fully saturated rings. The maximum atomic E-state index is 11.8. The number of carbonyl (C=O) groups excluding carboxylic acids is 1. The summed E-state index contributed by atoms with van der Waals surface area (Å²) in [4.78, 5) is 23.3. The topological polar surface area (TPSA) is 94.4 Å². The summed E-state index contributed by atoms with van der Waals surface area (Å²) in [5.41, 5.74) is 1.48. The van der Waals surface area contributed by atoms with E-state index < -0.39 is 11.7 Å². The Morgan fingerprint density at radius 3 is 3.04 bits per heavy atom. The van der Waals surface area contributed by atoms with E-state index in [0.29, 0.717) is 30.5 Å². The first-order valence-corrected chi connectivity index (χ1v) is 8.59. The van der Waals surface area contributed by atoms with E-state index in [2.05, 4.69) is 10.6 Å². The van der Waals surface area contributed by atoms with E-state index >= 15 is 0 Å². The Labute approximate surface area is 145 Å². The molecule has 1 aromatic carbocycles. The lowest BCUT2D eigenvalue weighted by Gasteiger charge is -2.10. The number of nitrogens with two attached hydrogens (primary N) is 1. The highest BCUT2D eigenvalue weighted by molar-refractivity contribution is 5.89. The molecule has 0 unspecified atom stereocenters. The first kappa shape index (κ1) is 17.4. The molecule has 0 radical (unpaired) electrons. The monoisotopic (exact) mass is 347 g/mol. The fourth-order valence-electron chi connectivity index (χ4n) is 3.02. The van der Waals surface area contributed by atoms with Crippen molar-refractivity contribution >= 4 is 22.7 Å². The molecule has 3 rings (SSSR count). The summed E-state index contributed by atoms with van der Waals surface area (Å²) in [6.07, 6.45) is 1.97. The summed E-state index contributed by atoms with van der Waals surface area (Å²) in [5.74, 6) is 0. The molecule has 134 valence electrons. The van der Waals surface area contributed by atoms with Gasteiger partial charge in [0, 0.05) is 35.4 Å². The minimum absolute atomic E-state index is 0.291. The van der Waals surface area contributed by atoms with Crippen molar-refractivity contribution in [1.82, 2.24) is 0 Å². The van der Waals surface area contributed by atoms with E-state index in [1.807, 2.05) is 6.07 Å². The minimum Gasteiger partial charge on any atom is -0.450 e. The van der Waals surface area contributed by atoms with Crippen LogP contribution >= 0.6 is 0 Å². The first-order valence-electron chi connectivity index (χ1n) is 8.59. The van der Waals surface area contributed by atoms with Crippen LogP contribution < -0.4 is 16.3 Å². The minimum atomic E-state index is -0.537. The second-order valence-corrected chi connectivity index (χ2v) is 6.01. The molecular weight excluding hydrogens is 324 g/mol. The maximum Gasteiger partial charge on any atom is 0.411 e. The standard InChI is InChI=1S/C18H22N2O5/c1-2-23-18(22)20-13-5-6-15-12(8-17(21)25-16(15)9-13)10-19-11-14-4-3-7-24-14/h5-6,8-9,14,19H,2-4,7,10-11H2,1H3,(H,20,22)/p+1/t14-/m0/s1. The van der Waals surface area contributed by atoms with E-state index in [1.54, 1.807) is 19.1 Å². The molecule has 0 bridgehead atoms. The fourth-order valence-corrected chi connectivity index (χ4v) is 3.02. The van der Waals surface area contributed by atoms with Crippen molar-refractivity contribution in [3.63, 3.8) is 0 Å². The number of hydrogen-bond acceptors (Lipinski definition) is 5. The Hall–Kier alpha value is -2.38. The van der Waals surface area contributed by atoms with Crippen molar-refractivity contribution in [2.45, 2.75) is 32.4 Å². The van der Waals surface area contributed by atoms with Crippen LogP contribution in [-0.4, -0.2) is 32.0 Å². The molecule has 2 aromatic rings. The third-order valence-corrected chi connectivity index (χ3v) is 4.17. The number of nitrogens with one attached hydrogen (secondary N) is 1. The molecule has 1 aliphatic rings. The Morgan fingerprint density at radius 2 is 2.28 bits per heavy atom. The Morgan fingerprint density at radius 1 is 1.40 bits per heavy atom. The second-order valence-electron chi connectivity index (χ2n) is 6.01. The molecule has 1 saturated heterocycles. The van der Waals surface area contributed by atoms with Gasteiger partial charge in [-0.2, -0.15) is 0 Å². The third-order valence-electron chi connectivity index (χ3n) is 4.17. The number of rotatable bonds is 6. The van der Waals surface area contributed by atoms with Gasteiger partial charge in [0.2, 0.25) is 0 Å². The van der Waals surface area contributed by atoms with Gasteiger partial charge in [-0.3, -0.25) is 5.32 Å². The van der Waals surface area contributed by atoms with Crippen LogP contribution in [0.3, 0.4) is 0 Å². The van der Waals surface area contributed by atoms with Crippen LogP contribution in [0.5, 0.6) is 0 Å². The van der Waals surface area contributed by atoms with Crippen molar-refractivity contribution in [1.29, 1.82) is 0 Å². The molecule has 7 nitrogen and oxygen atoms in total. The van der Waals surface area contributed by atoms with Gasteiger partial charge in [-0.25, -0.2) is 9.59 Å². The van der Waals surface area contributed by atoms with Crippen molar-refractivity contribution < 1.29 is 24.0 Å². The smallest absolute Gasteiger partial charge is 0.411 e. The lowest BCUT2D eigenvalue weighted by Crippen LogP contribution is -2.84. The molecule has 0 aliphatic carbocycles. The maximum absolute atomic E-state index is 11.8. The normalized spacial score (nSPS) is 16.9. The number of carbonyl (C=O) groups is 1. The molecule has 0 spiro atoms. The van der Waals surface area contributed by atoms with Crippen LogP contribution in [0.15, 0.2) is 33.5 Å². The van der Waals surface area contributed by atoms with Crippen LogP contribution in [0.1, 0.15) is 25.3 Å². The van der Waals surface area contributed by atoms with Gasteiger partial charge in [0.15, 0.2) is 0 Å². The summed E-state index contributed by atoms with van der Waals surface area (Å²) in [7, 11) is 0. The second kappa shape index (κ2) is 8.13. The van der Waals surface area contributed by atoms with E-state index in [0.717, 1.165) is 36.9 Å². The van der Waals surface area contributed by atoms with Gasteiger partial charge >= 0.3 is 11.7 Å². The number of ether oxygens (including phenoxy) is 2. The van der Waals surface area contributed by atoms with E-state index in [4.69, 9.17) is 13.9 Å². The van der Waals surface area contributed by atoms with Crippen molar-refractivity contribution in [2.75, 3.05) is 25.1 Å². The van der Waals surface area contributed by atoms with Gasteiger partial charge in [-0.05, 0) is 31.9 Å². The number of hydrogen-bond donors (Lipinski definition) is 2. The van der Waals surface area contributed by atoms with E-state index in [9.17, 15) is 9.59 Å². The summed E-state index contributed by atoms with van der Waals surface area (Å²) in [6, 6.07) is 6.77. The average Bonchev–Trinajstić information content (AvgIpc) is 3.08. The molecule has 3 N–H and O–H groups in total. The zero-order valence-electron chi connectivity index (χ0n) is 14.2. The van der Waals surface area contributed by atoms with Gasteiger partial charge in [-0.15, -0.1) is 0 Å². The van der Waals surface area contributed by atoms with Crippen LogP contribution in [0.4, 0.5) is 10.5 Å². The van der Waals surface area contributed by atoms with Crippen LogP contribution in [0.25, 0.3) is 11.0 Å². The largest absolute Gasteiger partial charge is 0.450 e. The average molecular weight is 347 g/mol. The molecule has 1 atom stereocenters. The predicted molar refractivity (Wildman–Crippen MR) is 92.6 cm³/mol. The highest BCUT2D eigenvalue weighted by Crippen LogP contribution is 2.21.